The molecular weight excluding hydrogens is 372 g/mol. The number of aliphatic hydroxyl groups excluding tert-OH is 1. The number of imide groups is 1. The van der Waals surface area contributed by atoms with Crippen molar-refractivity contribution in [2.45, 2.75) is 12.8 Å². The number of carbonyl (C=O) groups is 2. The van der Waals surface area contributed by atoms with Crippen LogP contribution in [0.3, 0.4) is 0 Å². The van der Waals surface area contributed by atoms with Crippen LogP contribution < -0.4 is 19.3 Å². The van der Waals surface area contributed by atoms with Gasteiger partial charge in [-0.3, -0.25) is 9.59 Å². The van der Waals surface area contributed by atoms with Crippen molar-refractivity contribution in [1.82, 2.24) is 0 Å². The lowest BCUT2D eigenvalue weighted by Gasteiger charge is -2.20. The van der Waals surface area contributed by atoms with Crippen LogP contribution in [0, 0.1) is 0 Å². The van der Waals surface area contributed by atoms with Crippen molar-refractivity contribution in [1.29, 1.82) is 0 Å². The lowest BCUT2D eigenvalue weighted by atomic mass is 10.0. The molecule has 2 aliphatic rings. The third kappa shape index (κ3) is 3.18. The van der Waals surface area contributed by atoms with Gasteiger partial charge in [0.25, 0.3) is 5.91 Å². The Bertz CT molecular complexity index is 991. The second kappa shape index (κ2) is 7.50. The molecule has 1 saturated heterocycles. The number of hydrogen-bond acceptors (Lipinski definition) is 6. The van der Waals surface area contributed by atoms with Gasteiger partial charge in [0.1, 0.15) is 0 Å². The van der Waals surface area contributed by atoms with Gasteiger partial charge in [-0.25, -0.2) is 4.90 Å². The van der Waals surface area contributed by atoms with Crippen molar-refractivity contribution in [3.05, 3.63) is 53.8 Å². The molecule has 2 aromatic carbocycles. The quantitative estimate of drug-likeness (QED) is 0.785. The molecule has 4 rings (SSSR count). The number of amides is 2. The Labute approximate surface area is 168 Å². The summed E-state index contributed by atoms with van der Waals surface area (Å²) in [6, 6.07) is 12.1. The van der Waals surface area contributed by atoms with Gasteiger partial charge < -0.3 is 19.5 Å². The third-order valence-corrected chi connectivity index (χ3v) is 5.31. The molecule has 0 radical (unpaired) electrons. The van der Waals surface area contributed by atoms with Crippen molar-refractivity contribution in [3.8, 4) is 11.5 Å². The molecule has 2 aliphatic heterocycles. The highest BCUT2D eigenvalue weighted by atomic mass is 16.5. The minimum Gasteiger partial charge on any atom is -0.502 e. The van der Waals surface area contributed by atoms with E-state index in [1.807, 2.05) is 12.1 Å². The van der Waals surface area contributed by atoms with E-state index >= 15 is 0 Å². The van der Waals surface area contributed by atoms with E-state index in [0.29, 0.717) is 22.7 Å². The summed E-state index contributed by atoms with van der Waals surface area (Å²) in [7, 11) is 2.98. The molecular formula is C22H22N2O5. The minimum atomic E-state index is -0.742. The minimum absolute atomic E-state index is 0.0560. The van der Waals surface area contributed by atoms with Crippen molar-refractivity contribution >= 4 is 28.8 Å². The first-order chi connectivity index (χ1) is 14.0. The Morgan fingerprint density at radius 1 is 0.828 bits per heavy atom. The molecule has 29 heavy (non-hydrogen) atoms. The Balaban J connectivity index is 1.64. The first-order valence-corrected chi connectivity index (χ1v) is 9.44. The number of ether oxygens (including phenoxy) is 2. The van der Waals surface area contributed by atoms with Crippen molar-refractivity contribution < 1.29 is 24.2 Å². The number of aliphatic hydroxyl groups is 1. The highest BCUT2D eigenvalue weighted by Crippen LogP contribution is 2.36. The zero-order chi connectivity index (χ0) is 20.5. The van der Waals surface area contributed by atoms with Crippen LogP contribution in [0.5, 0.6) is 11.5 Å². The van der Waals surface area contributed by atoms with E-state index in [1.54, 1.807) is 30.3 Å². The average molecular weight is 394 g/mol. The molecule has 0 aromatic heterocycles. The third-order valence-electron chi connectivity index (χ3n) is 5.31. The van der Waals surface area contributed by atoms with Gasteiger partial charge in [-0.2, -0.15) is 0 Å². The molecule has 7 nitrogen and oxygen atoms in total. The average Bonchev–Trinajstić information content (AvgIpc) is 3.35. The Morgan fingerprint density at radius 2 is 1.45 bits per heavy atom. The Kier molecular flexibility index (Phi) is 4.88. The summed E-state index contributed by atoms with van der Waals surface area (Å²) in [6.45, 7) is 2.01. The lowest BCUT2D eigenvalue weighted by Crippen LogP contribution is -2.31. The standard InChI is InChI=1S/C22H22N2O5/c1-28-17-10-5-14(13-18(17)29-2)19-20(25)22(27)24(21(19)26)16-8-6-15(7-9-16)23-11-3-4-12-23/h5-10,13,25H,3-4,11-12H2,1-2H3. The fourth-order valence-corrected chi connectivity index (χ4v) is 3.79. The highest BCUT2D eigenvalue weighted by Gasteiger charge is 2.40. The molecule has 150 valence electrons. The summed E-state index contributed by atoms with van der Waals surface area (Å²) in [5, 5.41) is 10.4. The van der Waals surface area contributed by atoms with Crippen LogP contribution in [0.25, 0.3) is 5.57 Å². The van der Waals surface area contributed by atoms with Gasteiger partial charge in [0, 0.05) is 18.8 Å². The number of nitrogens with zero attached hydrogens (tertiary/aromatic N) is 2. The molecule has 2 amide bonds. The molecule has 0 bridgehead atoms. The number of rotatable bonds is 5. The predicted molar refractivity (Wildman–Crippen MR) is 109 cm³/mol. The first kappa shape index (κ1) is 18.9. The van der Waals surface area contributed by atoms with E-state index in [1.165, 1.54) is 14.2 Å². The van der Waals surface area contributed by atoms with E-state index in [2.05, 4.69) is 4.90 Å². The van der Waals surface area contributed by atoms with Gasteiger partial charge in [-0.1, -0.05) is 6.07 Å². The summed E-state index contributed by atoms with van der Waals surface area (Å²) in [4.78, 5) is 28.9. The van der Waals surface area contributed by atoms with Gasteiger partial charge in [0.2, 0.25) is 0 Å². The molecule has 1 fully saturated rings. The molecule has 0 atom stereocenters. The smallest absolute Gasteiger partial charge is 0.301 e. The second-order valence-corrected chi connectivity index (χ2v) is 6.95. The van der Waals surface area contributed by atoms with Gasteiger partial charge in [-0.15, -0.1) is 0 Å². The van der Waals surface area contributed by atoms with Gasteiger partial charge >= 0.3 is 5.91 Å². The van der Waals surface area contributed by atoms with Crippen LogP contribution in [0.2, 0.25) is 0 Å². The Morgan fingerprint density at radius 3 is 2.07 bits per heavy atom. The van der Waals surface area contributed by atoms with Crippen LogP contribution in [0.1, 0.15) is 18.4 Å². The van der Waals surface area contributed by atoms with Crippen LogP contribution in [-0.4, -0.2) is 44.2 Å². The summed E-state index contributed by atoms with van der Waals surface area (Å²) < 4.78 is 10.5. The maximum Gasteiger partial charge on any atom is 0.301 e. The zero-order valence-electron chi connectivity index (χ0n) is 16.3. The van der Waals surface area contributed by atoms with Crippen LogP contribution in [-0.2, 0) is 9.59 Å². The van der Waals surface area contributed by atoms with E-state index in [9.17, 15) is 14.7 Å². The lowest BCUT2D eigenvalue weighted by molar-refractivity contribution is -0.121. The Hall–Kier alpha value is -3.48. The second-order valence-electron chi connectivity index (χ2n) is 6.95. The van der Waals surface area contributed by atoms with Crippen molar-refractivity contribution in [3.63, 3.8) is 0 Å². The maximum atomic E-state index is 13.0. The SMILES string of the molecule is COc1ccc(C2=C(O)C(=O)N(c3ccc(N4CCCC4)cc3)C2=O)cc1OC. The molecule has 0 unspecified atom stereocenters. The van der Waals surface area contributed by atoms with Gasteiger partial charge in [0.15, 0.2) is 17.3 Å². The molecule has 7 heteroatoms. The number of carbonyl (C=O) groups excluding carboxylic acids is 2. The summed E-state index contributed by atoms with van der Waals surface area (Å²) in [6.07, 6.45) is 2.33. The first-order valence-electron chi connectivity index (χ1n) is 9.44. The number of methoxy groups -OCH3 is 2. The molecule has 2 aromatic rings. The fourth-order valence-electron chi connectivity index (χ4n) is 3.79. The van der Waals surface area contributed by atoms with Crippen molar-refractivity contribution in [2.24, 2.45) is 0 Å². The fraction of sp³-hybridized carbons (Fsp3) is 0.273. The maximum absolute atomic E-state index is 13.0. The van der Waals surface area contributed by atoms with E-state index in [-0.39, 0.29) is 5.57 Å². The number of hydrogen-bond donors (Lipinski definition) is 1. The highest BCUT2D eigenvalue weighted by molar-refractivity contribution is 6.44. The molecule has 0 spiro atoms. The predicted octanol–water partition coefficient (Wildman–Crippen LogP) is 3.15. The largest absolute Gasteiger partial charge is 0.502 e. The molecule has 0 saturated carbocycles. The van der Waals surface area contributed by atoms with Crippen LogP contribution in [0.4, 0.5) is 11.4 Å². The van der Waals surface area contributed by atoms with Gasteiger partial charge in [0.05, 0.1) is 25.5 Å². The topological polar surface area (TPSA) is 79.3 Å². The normalized spacial score (nSPS) is 16.8. The molecule has 2 heterocycles. The van der Waals surface area contributed by atoms with Crippen molar-refractivity contribution in [2.75, 3.05) is 37.1 Å². The van der Waals surface area contributed by atoms with Crippen LogP contribution in [0.15, 0.2) is 48.2 Å². The van der Waals surface area contributed by atoms with E-state index in [4.69, 9.17) is 9.47 Å². The molecule has 1 N–H and O–H groups in total. The monoisotopic (exact) mass is 394 g/mol. The zero-order valence-corrected chi connectivity index (χ0v) is 16.3. The van der Waals surface area contributed by atoms with Gasteiger partial charge in [-0.05, 0) is 54.8 Å². The van der Waals surface area contributed by atoms with Crippen LogP contribution >= 0.6 is 0 Å². The summed E-state index contributed by atoms with van der Waals surface area (Å²) >= 11 is 0. The number of benzene rings is 2. The van der Waals surface area contributed by atoms with E-state index < -0.39 is 17.6 Å². The van der Waals surface area contributed by atoms with E-state index in [0.717, 1.165) is 36.5 Å². The number of anilines is 2. The molecule has 0 aliphatic carbocycles. The summed E-state index contributed by atoms with van der Waals surface area (Å²) in [5.41, 5.74) is 1.81. The summed E-state index contributed by atoms with van der Waals surface area (Å²) in [5.74, 6) is -1.00.